The molecule has 0 atom stereocenters. The van der Waals surface area contributed by atoms with Gasteiger partial charge in [0, 0.05) is 9.13 Å². The van der Waals surface area contributed by atoms with Crippen molar-refractivity contribution in [3.05, 3.63) is 73.8 Å². The quantitative estimate of drug-likeness (QED) is 0.621. The van der Waals surface area contributed by atoms with Crippen molar-refractivity contribution in [2.75, 3.05) is 0 Å². The Kier molecular flexibility index (Phi) is 3.71. The zero-order valence-electron chi connectivity index (χ0n) is 10.7. The molecule has 0 unspecified atom stereocenters. The summed E-state index contributed by atoms with van der Waals surface area (Å²) in [6.07, 6.45) is 1.35. The van der Waals surface area contributed by atoms with Gasteiger partial charge in [-0.2, -0.15) is 0 Å². The standard InChI is InChI=1S/C15H9F2IN2O/c16-10-1-3-13(17)9(5-10)7-20-8-19-14-4-2-11(18)6-12(14)15(20)21/h1-6,8H,7H2. The molecule has 2 aromatic carbocycles. The van der Waals surface area contributed by atoms with Gasteiger partial charge >= 0.3 is 0 Å². The fraction of sp³-hybridized carbons (Fsp3) is 0.0667. The molecule has 6 heteroatoms. The van der Waals surface area contributed by atoms with E-state index in [1.54, 1.807) is 12.1 Å². The molecule has 0 aliphatic rings. The molecule has 3 aromatic rings. The molecule has 0 fully saturated rings. The third-order valence-electron chi connectivity index (χ3n) is 3.13. The highest BCUT2D eigenvalue weighted by Crippen LogP contribution is 2.14. The number of fused-ring (bicyclic) bond motifs is 1. The SMILES string of the molecule is O=c1c2cc(I)ccc2ncn1Cc1cc(F)ccc1F. The van der Waals surface area contributed by atoms with Gasteiger partial charge in [-0.3, -0.25) is 9.36 Å². The van der Waals surface area contributed by atoms with Gasteiger partial charge in [0.25, 0.3) is 5.56 Å². The van der Waals surface area contributed by atoms with Gasteiger partial charge in [0.15, 0.2) is 0 Å². The van der Waals surface area contributed by atoms with Crippen LogP contribution in [0.1, 0.15) is 5.56 Å². The van der Waals surface area contributed by atoms with E-state index in [-0.39, 0.29) is 17.7 Å². The Balaban J connectivity index is 2.11. The van der Waals surface area contributed by atoms with E-state index >= 15 is 0 Å². The topological polar surface area (TPSA) is 34.9 Å². The number of benzene rings is 2. The summed E-state index contributed by atoms with van der Waals surface area (Å²) in [6, 6.07) is 8.51. The van der Waals surface area contributed by atoms with Crippen LogP contribution in [0, 0.1) is 15.2 Å². The van der Waals surface area contributed by atoms with E-state index in [1.165, 1.54) is 10.9 Å². The molecule has 3 nitrogen and oxygen atoms in total. The molecular weight excluding hydrogens is 389 g/mol. The van der Waals surface area contributed by atoms with Gasteiger partial charge in [0.05, 0.1) is 23.8 Å². The Bertz CT molecular complexity index is 892. The van der Waals surface area contributed by atoms with Crippen molar-refractivity contribution in [2.45, 2.75) is 6.54 Å². The van der Waals surface area contributed by atoms with Crippen LogP contribution < -0.4 is 5.56 Å². The zero-order chi connectivity index (χ0) is 15.0. The second-order valence-corrected chi connectivity index (χ2v) is 5.82. The number of aromatic nitrogens is 2. The van der Waals surface area contributed by atoms with Crippen LogP contribution in [0.4, 0.5) is 8.78 Å². The molecule has 0 amide bonds. The fourth-order valence-corrected chi connectivity index (χ4v) is 2.58. The minimum absolute atomic E-state index is 0.0587. The summed E-state index contributed by atoms with van der Waals surface area (Å²) in [5, 5.41) is 0.459. The molecule has 1 heterocycles. The van der Waals surface area contributed by atoms with Crippen LogP contribution in [0.25, 0.3) is 10.9 Å². The predicted molar refractivity (Wildman–Crippen MR) is 84.2 cm³/mol. The minimum atomic E-state index is -0.550. The minimum Gasteiger partial charge on any atom is -0.294 e. The van der Waals surface area contributed by atoms with E-state index in [2.05, 4.69) is 27.6 Å². The molecule has 0 radical (unpaired) electrons. The summed E-state index contributed by atoms with van der Waals surface area (Å²) < 4.78 is 29.0. The van der Waals surface area contributed by atoms with Crippen LogP contribution in [0.15, 0.2) is 47.5 Å². The van der Waals surface area contributed by atoms with Gasteiger partial charge < -0.3 is 0 Å². The normalized spacial score (nSPS) is 11.0. The molecule has 21 heavy (non-hydrogen) atoms. The van der Waals surface area contributed by atoms with Crippen LogP contribution >= 0.6 is 22.6 Å². The highest BCUT2D eigenvalue weighted by Gasteiger charge is 2.09. The highest BCUT2D eigenvalue weighted by atomic mass is 127. The maximum Gasteiger partial charge on any atom is 0.261 e. The van der Waals surface area contributed by atoms with Crippen molar-refractivity contribution >= 4 is 33.5 Å². The number of hydrogen-bond acceptors (Lipinski definition) is 2. The lowest BCUT2D eigenvalue weighted by molar-refractivity contribution is 0.574. The first kappa shape index (κ1) is 14.1. The first-order chi connectivity index (χ1) is 10.0. The Morgan fingerprint density at radius 2 is 1.95 bits per heavy atom. The smallest absolute Gasteiger partial charge is 0.261 e. The molecule has 0 aliphatic heterocycles. The van der Waals surface area contributed by atoms with Crippen LogP contribution in [-0.4, -0.2) is 9.55 Å². The average molecular weight is 398 g/mol. The van der Waals surface area contributed by atoms with Gasteiger partial charge in [0.2, 0.25) is 0 Å². The lowest BCUT2D eigenvalue weighted by atomic mass is 10.2. The second-order valence-electron chi connectivity index (χ2n) is 4.57. The zero-order valence-corrected chi connectivity index (χ0v) is 12.8. The number of halogens is 3. The number of hydrogen-bond donors (Lipinski definition) is 0. The van der Waals surface area contributed by atoms with Gasteiger partial charge in [-0.15, -0.1) is 0 Å². The molecule has 1 aromatic heterocycles. The van der Waals surface area contributed by atoms with Crippen LogP contribution in [-0.2, 0) is 6.54 Å². The van der Waals surface area contributed by atoms with Crippen LogP contribution in [0.5, 0.6) is 0 Å². The lowest BCUT2D eigenvalue weighted by Gasteiger charge is -2.08. The van der Waals surface area contributed by atoms with E-state index in [4.69, 9.17) is 0 Å². The van der Waals surface area contributed by atoms with Gasteiger partial charge in [-0.05, 0) is 59.0 Å². The maximum atomic E-state index is 13.7. The largest absolute Gasteiger partial charge is 0.294 e. The van der Waals surface area contributed by atoms with Crippen molar-refractivity contribution < 1.29 is 8.78 Å². The summed E-state index contributed by atoms with van der Waals surface area (Å²) in [5.74, 6) is -1.09. The summed E-state index contributed by atoms with van der Waals surface area (Å²) in [4.78, 5) is 16.6. The Labute approximate surface area is 132 Å². The summed E-state index contributed by atoms with van der Waals surface area (Å²) >= 11 is 2.10. The fourth-order valence-electron chi connectivity index (χ4n) is 2.09. The van der Waals surface area contributed by atoms with E-state index in [0.717, 1.165) is 21.8 Å². The van der Waals surface area contributed by atoms with Gasteiger partial charge in [-0.25, -0.2) is 13.8 Å². The van der Waals surface area contributed by atoms with E-state index in [9.17, 15) is 13.6 Å². The van der Waals surface area contributed by atoms with E-state index in [0.29, 0.717) is 10.9 Å². The van der Waals surface area contributed by atoms with E-state index in [1.807, 2.05) is 6.07 Å². The molecule has 3 rings (SSSR count). The Morgan fingerprint density at radius 3 is 2.76 bits per heavy atom. The molecule has 0 saturated heterocycles. The number of nitrogens with zero attached hydrogens (tertiary/aromatic N) is 2. The lowest BCUT2D eigenvalue weighted by Crippen LogP contribution is -2.21. The number of rotatable bonds is 2. The monoisotopic (exact) mass is 398 g/mol. The van der Waals surface area contributed by atoms with Crippen molar-refractivity contribution in [1.29, 1.82) is 0 Å². The highest BCUT2D eigenvalue weighted by molar-refractivity contribution is 14.1. The molecular formula is C15H9F2IN2O. The Morgan fingerprint density at radius 1 is 1.14 bits per heavy atom. The molecule has 0 spiro atoms. The third-order valence-corrected chi connectivity index (χ3v) is 3.81. The van der Waals surface area contributed by atoms with Gasteiger partial charge in [0.1, 0.15) is 11.6 Å². The predicted octanol–water partition coefficient (Wildman–Crippen LogP) is 3.33. The van der Waals surface area contributed by atoms with Crippen molar-refractivity contribution in [1.82, 2.24) is 9.55 Å². The third kappa shape index (κ3) is 2.80. The van der Waals surface area contributed by atoms with Crippen molar-refractivity contribution in [3.63, 3.8) is 0 Å². The molecule has 0 N–H and O–H groups in total. The average Bonchev–Trinajstić information content (AvgIpc) is 2.46. The molecule has 0 aliphatic carbocycles. The summed E-state index contributed by atoms with van der Waals surface area (Å²) in [7, 11) is 0. The summed E-state index contributed by atoms with van der Waals surface area (Å²) in [5.41, 5.74) is 0.419. The molecule has 106 valence electrons. The molecule has 0 bridgehead atoms. The Hall–Kier alpha value is -1.83. The van der Waals surface area contributed by atoms with Crippen LogP contribution in [0.2, 0.25) is 0 Å². The molecule has 0 saturated carbocycles. The first-order valence-electron chi connectivity index (χ1n) is 6.13. The summed E-state index contributed by atoms with van der Waals surface area (Å²) in [6.45, 7) is -0.0587. The van der Waals surface area contributed by atoms with Crippen molar-refractivity contribution in [3.8, 4) is 0 Å². The van der Waals surface area contributed by atoms with Gasteiger partial charge in [-0.1, -0.05) is 0 Å². The van der Waals surface area contributed by atoms with Crippen LogP contribution in [0.3, 0.4) is 0 Å². The van der Waals surface area contributed by atoms with Crippen molar-refractivity contribution in [2.24, 2.45) is 0 Å². The maximum absolute atomic E-state index is 13.7. The second kappa shape index (κ2) is 5.51. The first-order valence-corrected chi connectivity index (χ1v) is 7.21. The van der Waals surface area contributed by atoms with E-state index < -0.39 is 11.6 Å².